The van der Waals surface area contributed by atoms with E-state index < -0.39 is 0 Å². The monoisotopic (exact) mass is 209 g/mol. The van der Waals surface area contributed by atoms with E-state index in [1.165, 1.54) is 11.1 Å². The van der Waals surface area contributed by atoms with Gasteiger partial charge in [0.15, 0.2) is 0 Å². The first-order chi connectivity index (χ1) is 7.01. The topological polar surface area (TPSA) is 44.5 Å². The molecule has 0 saturated carbocycles. The highest BCUT2D eigenvalue weighted by molar-refractivity contribution is 5.39. The Balaban J connectivity index is 2.24. The normalized spacial score (nSPS) is 36.9. The van der Waals surface area contributed by atoms with E-state index in [4.69, 9.17) is 15.2 Å². The highest BCUT2D eigenvalue weighted by Gasteiger charge is 2.41. The van der Waals surface area contributed by atoms with E-state index in [9.17, 15) is 0 Å². The van der Waals surface area contributed by atoms with E-state index in [0.29, 0.717) is 6.79 Å². The smallest absolute Gasteiger partial charge is 0.149 e. The van der Waals surface area contributed by atoms with Crippen LogP contribution in [0.2, 0.25) is 0 Å². The van der Waals surface area contributed by atoms with Crippen LogP contribution in [0.1, 0.15) is 27.2 Å². The van der Waals surface area contributed by atoms with Crippen molar-refractivity contribution in [2.24, 2.45) is 5.73 Å². The minimum atomic E-state index is -0.288. The quantitative estimate of drug-likeness (QED) is 0.753. The summed E-state index contributed by atoms with van der Waals surface area (Å²) in [4.78, 5) is 0. The van der Waals surface area contributed by atoms with Gasteiger partial charge in [0.05, 0.1) is 0 Å². The van der Waals surface area contributed by atoms with Gasteiger partial charge in [-0.25, -0.2) is 0 Å². The van der Waals surface area contributed by atoms with E-state index in [1.54, 1.807) is 0 Å². The van der Waals surface area contributed by atoms with Gasteiger partial charge in [0, 0.05) is 6.04 Å². The zero-order valence-corrected chi connectivity index (χ0v) is 9.62. The third-order valence-electron chi connectivity index (χ3n) is 3.09. The Labute approximate surface area is 90.9 Å². The van der Waals surface area contributed by atoms with Gasteiger partial charge in [0.1, 0.15) is 18.5 Å². The van der Waals surface area contributed by atoms with E-state index in [2.05, 4.69) is 26.0 Å². The fourth-order valence-corrected chi connectivity index (χ4v) is 2.18. The average molecular weight is 209 g/mol. The summed E-state index contributed by atoms with van der Waals surface area (Å²) in [7, 11) is 0. The van der Waals surface area contributed by atoms with Crippen molar-refractivity contribution in [1.29, 1.82) is 0 Å². The maximum Gasteiger partial charge on any atom is 0.149 e. The second-order valence-corrected chi connectivity index (χ2v) is 4.73. The van der Waals surface area contributed by atoms with Crippen LogP contribution in [-0.2, 0) is 9.47 Å². The van der Waals surface area contributed by atoms with Crippen LogP contribution < -0.4 is 5.73 Å². The first-order valence-electron chi connectivity index (χ1n) is 5.43. The second kappa shape index (κ2) is 3.74. The van der Waals surface area contributed by atoms with Crippen LogP contribution in [0.25, 0.3) is 0 Å². The van der Waals surface area contributed by atoms with Crippen LogP contribution in [0.15, 0.2) is 23.3 Å². The van der Waals surface area contributed by atoms with Crippen molar-refractivity contribution in [3.63, 3.8) is 0 Å². The Morgan fingerprint density at radius 3 is 3.07 bits per heavy atom. The molecule has 0 radical (unpaired) electrons. The maximum atomic E-state index is 5.83. The van der Waals surface area contributed by atoms with Gasteiger partial charge in [0.25, 0.3) is 0 Å². The van der Waals surface area contributed by atoms with Gasteiger partial charge in [-0.1, -0.05) is 0 Å². The number of fused-ring (bicyclic) bond motifs is 1. The van der Waals surface area contributed by atoms with Crippen LogP contribution in [0.5, 0.6) is 0 Å². The number of nitrogens with two attached hydrogens (primary N) is 1. The second-order valence-electron chi connectivity index (χ2n) is 4.73. The number of allylic oxidation sites excluding steroid dienone is 1. The Morgan fingerprint density at radius 1 is 1.67 bits per heavy atom. The third kappa shape index (κ3) is 2.00. The third-order valence-corrected chi connectivity index (χ3v) is 3.09. The molecule has 84 valence electrons. The van der Waals surface area contributed by atoms with E-state index in [-0.39, 0.29) is 17.7 Å². The molecule has 0 amide bonds. The first-order valence-corrected chi connectivity index (χ1v) is 5.43. The van der Waals surface area contributed by atoms with Gasteiger partial charge >= 0.3 is 0 Å². The number of rotatable bonds is 2. The lowest BCUT2D eigenvalue weighted by molar-refractivity contribution is 0.0249. The minimum absolute atomic E-state index is 0.0642. The van der Waals surface area contributed by atoms with E-state index in [1.807, 2.05) is 6.92 Å². The molecular weight excluding hydrogens is 190 g/mol. The maximum absolute atomic E-state index is 5.83. The van der Waals surface area contributed by atoms with Crippen molar-refractivity contribution in [3.05, 3.63) is 23.3 Å². The van der Waals surface area contributed by atoms with Crippen molar-refractivity contribution < 1.29 is 9.47 Å². The Morgan fingerprint density at radius 2 is 2.40 bits per heavy atom. The van der Waals surface area contributed by atoms with Crippen molar-refractivity contribution in [3.8, 4) is 0 Å². The highest BCUT2D eigenvalue weighted by Crippen LogP contribution is 2.36. The SMILES string of the molecule is CC1=CC2OCOC2(C)C=C1CC(C)N. The molecule has 3 atom stereocenters. The summed E-state index contributed by atoms with van der Waals surface area (Å²) in [6.45, 7) is 6.58. The molecule has 1 heterocycles. The van der Waals surface area contributed by atoms with Crippen LogP contribution in [0, 0.1) is 0 Å². The fraction of sp³-hybridized carbons (Fsp3) is 0.667. The van der Waals surface area contributed by atoms with E-state index >= 15 is 0 Å². The molecule has 0 aromatic rings. The molecule has 0 aromatic carbocycles. The predicted molar refractivity (Wildman–Crippen MR) is 59.3 cm³/mol. The summed E-state index contributed by atoms with van der Waals surface area (Å²) in [5, 5.41) is 0. The molecule has 0 bridgehead atoms. The first kappa shape index (κ1) is 10.9. The molecule has 1 aliphatic heterocycles. The molecular formula is C12H19NO2. The largest absolute Gasteiger partial charge is 0.345 e. The predicted octanol–water partition coefficient (Wildman–Crippen LogP) is 1.74. The van der Waals surface area contributed by atoms with Crippen molar-refractivity contribution >= 4 is 0 Å². The Hall–Kier alpha value is -0.640. The van der Waals surface area contributed by atoms with Gasteiger partial charge in [-0.05, 0) is 50.5 Å². The molecule has 3 nitrogen and oxygen atoms in total. The molecule has 1 saturated heterocycles. The summed E-state index contributed by atoms with van der Waals surface area (Å²) in [5.41, 5.74) is 8.09. The molecule has 0 aromatic heterocycles. The molecule has 2 rings (SSSR count). The number of hydrogen-bond acceptors (Lipinski definition) is 3. The molecule has 1 fully saturated rings. The summed E-state index contributed by atoms with van der Waals surface area (Å²) >= 11 is 0. The molecule has 3 unspecified atom stereocenters. The van der Waals surface area contributed by atoms with Crippen molar-refractivity contribution in [2.45, 2.75) is 44.9 Å². The zero-order chi connectivity index (χ0) is 11.1. The van der Waals surface area contributed by atoms with Gasteiger partial charge in [-0.2, -0.15) is 0 Å². The highest BCUT2D eigenvalue weighted by atomic mass is 16.7. The molecule has 2 N–H and O–H groups in total. The lowest BCUT2D eigenvalue weighted by Gasteiger charge is -2.30. The summed E-state index contributed by atoms with van der Waals surface area (Å²) in [6.07, 6.45) is 5.27. The summed E-state index contributed by atoms with van der Waals surface area (Å²) in [6, 6.07) is 0.182. The standard InChI is InChI=1S/C12H19NO2/c1-8-4-11-12(3,15-7-14-11)6-10(8)5-9(2)13/h4,6,9,11H,5,7,13H2,1-3H3. The van der Waals surface area contributed by atoms with Crippen molar-refractivity contribution in [1.82, 2.24) is 0 Å². The fourth-order valence-electron chi connectivity index (χ4n) is 2.18. The molecule has 0 spiro atoms. The summed E-state index contributed by atoms with van der Waals surface area (Å²) in [5.74, 6) is 0. The Kier molecular flexibility index (Phi) is 2.71. The molecule has 1 aliphatic carbocycles. The molecule has 3 heteroatoms. The van der Waals surface area contributed by atoms with Gasteiger partial charge in [-0.3, -0.25) is 0 Å². The van der Waals surface area contributed by atoms with Crippen LogP contribution in [-0.4, -0.2) is 24.5 Å². The van der Waals surface area contributed by atoms with Gasteiger partial charge in [0.2, 0.25) is 0 Å². The lowest BCUT2D eigenvalue weighted by Crippen LogP contribution is -2.36. The molecule has 2 aliphatic rings. The Bertz CT molecular complexity index is 320. The zero-order valence-electron chi connectivity index (χ0n) is 9.62. The minimum Gasteiger partial charge on any atom is -0.345 e. The average Bonchev–Trinajstić information content (AvgIpc) is 2.46. The summed E-state index contributed by atoms with van der Waals surface area (Å²) < 4.78 is 11.1. The molecule has 15 heavy (non-hydrogen) atoms. The van der Waals surface area contributed by atoms with Crippen molar-refractivity contribution in [2.75, 3.05) is 6.79 Å². The van der Waals surface area contributed by atoms with Gasteiger partial charge in [-0.15, -0.1) is 0 Å². The van der Waals surface area contributed by atoms with E-state index in [0.717, 1.165) is 6.42 Å². The van der Waals surface area contributed by atoms with Crippen LogP contribution in [0.3, 0.4) is 0 Å². The number of hydrogen-bond donors (Lipinski definition) is 1. The van der Waals surface area contributed by atoms with Gasteiger partial charge < -0.3 is 15.2 Å². The number of ether oxygens (including phenoxy) is 2. The van der Waals surface area contributed by atoms with Crippen LogP contribution >= 0.6 is 0 Å². The van der Waals surface area contributed by atoms with Crippen LogP contribution in [0.4, 0.5) is 0 Å². The lowest BCUT2D eigenvalue weighted by atomic mass is 9.84.